The average Bonchev–Trinajstić information content (AvgIpc) is 2.36. The van der Waals surface area contributed by atoms with Gasteiger partial charge < -0.3 is 24.7 Å². The minimum Gasteiger partial charge on any atom is -0.496 e. The van der Waals surface area contributed by atoms with Gasteiger partial charge in [0, 0.05) is 18.7 Å². The average molecular weight is 262 g/mol. The Kier molecular flexibility index (Phi) is 4.72. The lowest BCUT2D eigenvalue weighted by Gasteiger charge is -2.27. The van der Waals surface area contributed by atoms with Crippen LogP contribution in [0.25, 0.3) is 0 Å². The van der Waals surface area contributed by atoms with E-state index in [9.17, 15) is 0 Å². The summed E-state index contributed by atoms with van der Waals surface area (Å²) in [5, 5.41) is 0. The second-order valence-electron chi connectivity index (χ2n) is 3.44. The molecular formula is C11H16ClNO4. The maximum Gasteiger partial charge on any atom is 0.204 e. The summed E-state index contributed by atoms with van der Waals surface area (Å²) in [5.41, 5.74) is 5.54. The van der Waals surface area contributed by atoms with Crippen molar-refractivity contribution in [3.8, 4) is 23.0 Å². The van der Waals surface area contributed by atoms with Gasteiger partial charge in [0.2, 0.25) is 5.75 Å². The molecule has 0 amide bonds. The largest absolute Gasteiger partial charge is 0.496 e. The molecule has 2 N–H and O–H groups in total. The van der Waals surface area contributed by atoms with Crippen LogP contribution < -0.4 is 24.7 Å². The van der Waals surface area contributed by atoms with Crippen LogP contribution in [0.5, 0.6) is 23.0 Å². The number of methoxy groups -OCH3 is 2. The third-order valence-corrected chi connectivity index (χ3v) is 2.42. The van der Waals surface area contributed by atoms with E-state index in [1.54, 1.807) is 26.4 Å². The van der Waals surface area contributed by atoms with Crippen molar-refractivity contribution in [1.29, 1.82) is 0 Å². The van der Waals surface area contributed by atoms with E-state index < -0.39 is 0 Å². The maximum absolute atomic E-state index is 5.67. The molecule has 1 aliphatic rings. The Bertz CT molecular complexity index is 369. The molecule has 1 heterocycles. The number of nitrogens with two attached hydrogens (primary N) is 1. The van der Waals surface area contributed by atoms with Gasteiger partial charge >= 0.3 is 0 Å². The van der Waals surface area contributed by atoms with Crippen molar-refractivity contribution in [1.82, 2.24) is 0 Å². The molecular weight excluding hydrogens is 246 g/mol. The Hall–Kier alpha value is -1.33. The number of halogens is 1. The molecule has 6 heteroatoms. The first kappa shape index (κ1) is 13.7. The molecule has 0 aliphatic carbocycles. The van der Waals surface area contributed by atoms with E-state index in [1.807, 2.05) is 0 Å². The number of benzene rings is 1. The molecule has 17 heavy (non-hydrogen) atoms. The maximum atomic E-state index is 5.67. The number of fused-ring (bicyclic) bond motifs is 1. The zero-order chi connectivity index (χ0) is 11.5. The summed E-state index contributed by atoms with van der Waals surface area (Å²) < 4.78 is 21.6. The lowest BCUT2D eigenvalue weighted by atomic mass is 10.2. The van der Waals surface area contributed by atoms with Crippen molar-refractivity contribution in [3.05, 3.63) is 12.1 Å². The van der Waals surface area contributed by atoms with Gasteiger partial charge in [-0.1, -0.05) is 0 Å². The summed E-state index contributed by atoms with van der Waals surface area (Å²) in [6, 6.07) is 3.52. The third-order valence-electron chi connectivity index (χ3n) is 2.42. The van der Waals surface area contributed by atoms with Gasteiger partial charge in [0.1, 0.15) is 18.5 Å². The van der Waals surface area contributed by atoms with E-state index in [-0.39, 0.29) is 18.5 Å². The number of hydrogen-bond donors (Lipinski definition) is 1. The normalized spacial score (nSPS) is 17.0. The van der Waals surface area contributed by atoms with Crippen molar-refractivity contribution in [2.24, 2.45) is 5.73 Å². The summed E-state index contributed by atoms with van der Waals surface area (Å²) >= 11 is 0. The van der Waals surface area contributed by atoms with Crippen molar-refractivity contribution < 1.29 is 18.9 Å². The molecule has 1 aromatic rings. The quantitative estimate of drug-likeness (QED) is 0.887. The molecule has 0 saturated carbocycles. The summed E-state index contributed by atoms with van der Waals surface area (Å²) in [7, 11) is 3.16. The molecule has 1 aliphatic heterocycles. The van der Waals surface area contributed by atoms with E-state index in [0.717, 1.165) is 0 Å². The first-order valence-corrected chi connectivity index (χ1v) is 5.04. The molecule has 0 radical (unpaired) electrons. The highest BCUT2D eigenvalue weighted by Crippen LogP contribution is 2.43. The molecule has 1 atom stereocenters. The first-order valence-electron chi connectivity index (χ1n) is 5.04. The van der Waals surface area contributed by atoms with Crippen LogP contribution in [-0.4, -0.2) is 33.5 Å². The second-order valence-corrected chi connectivity index (χ2v) is 3.44. The monoisotopic (exact) mass is 261 g/mol. The SMILES string of the molecule is COc1cc(OC)c2c(c1)OCC(CN)O2.Cl. The topological polar surface area (TPSA) is 62.9 Å². The van der Waals surface area contributed by atoms with Gasteiger partial charge in [-0.2, -0.15) is 0 Å². The third kappa shape index (κ3) is 2.68. The molecule has 0 fully saturated rings. The van der Waals surface area contributed by atoms with Crippen molar-refractivity contribution in [3.63, 3.8) is 0 Å². The lowest BCUT2D eigenvalue weighted by Crippen LogP contribution is -2.35. The fourth-order valence-electron chi connectivity index (χ4n) is 1.55. The Morgan fingerprint density at radius 3 is 2.71 bits per heavy atom. The highest BCUT2D eigenvalue weighted by molar-refractivity contribution is 5.85. The van der Waals surface area contributed by atoms with Crippen LogP contribution in [-0.2, 0) is 0 Å². The van der Waals surface area contributed by atoms with Gasteiger partial charge in [0.25, 0.3) is 0 Å². The van der Waals surface area contributed by atoms with E-state index in [1.165, 1.54) is 0 Å². The van der Waals surface area contributed by atoms with Gasteiger partial charge in [-0.3, -0.25) is 0 Å². The van der Waals surface area contributed by atoms with Crippen molar-refractivity contribution in [2.75, 3.05) is 27.4 Å². The van der Waals surface area contributed by atoms with E-state index >= 15 is 0 Å². The molecule has 2 rings (SSSR count). The Balaban J connectivity index is 0.00000144. The molecule has 1 unspecified atom stereocenters. The van der Waals surface area contributed by atoms with Crippen LogP contribution in [0.4, 0.5) is 0 Å². The fraction of sp³-hybridized carbons (Fsp3) is 0.455. The molecule has 1 aromatic carbocycles. The van der Waals surface area contributed by atoms with Crippen LogP contribution in [0.1, 0.15) is 0 Å². The Morgan fingerprint density at radius 2 is 2.12 bits per heavy atom. The number of rotatable bonds is 3. The predicted octanol–water partition coefficient (Wildman–Crippen LogP) is 1.22. The van der Waals surface area contributed by atoms with Crippen molar-refractivity contribution >= 4 is 12.4 Å². The molecule has 5 nitrogen and oxygen atoms in total. The van der Waals surface area contributed by atoms with Gasteiger partial charge in [-0.05, 0) is 0 Å². The fourth-order valence-corrected chi connectivity index (χ4v) is 1.55. The summed E-state index contributed by atoms with van der Waals surface area (Å²) in [6.07, 6.45) is -0.130. The van der Waals surface area contributed by atoms with Crippen LogP contribution >= 0.6 is 12.4 Å². The van der Waals surface area contributed by atoms with Crippen LogP contribution in [0, 0.1) is 0 Å². The Labute approximate surface area is 106 Å². The van der Waals surface area contributed by atoms with Gasteiger partial charge in [-0.25, -0.2) is 0 Å². The van der Waals surface area contributed by atoms with Gasteiger partial charge in [0.15, 0.2) is 11.5 Å². The lowest BCUT2D eigenvalue weighted by molar-refractivity contribution is 0.0922. The molecule has 96 valence electrons. The van der Waals surface area contributed by atoms with E-state index in [0.29, 0.717) is 36.1 Å². The standard InChI is InChI=1S/C11H15NO4.ClH/c1-13-7-3-9(14-2)11-10(4-7)15-6-8(5-12)16-11;/h3-4,8H,5-6,12H2,1-2H3;1H. The Morgan fingerprint density at radius 1 is 1.35 bits per heavy atom. The highest BCUT2D eigenvalue weighted by Gasteiger charge is 2.24. The summed E-state index contributed by atoms with van der Waals surface area (Å²) in [4.78, 5) is 0. The predicted molar refractivity (Wildman–Crippen MR) is 65.8 cm³/mol. The first-order chi connectivity index (χ1) is 7.78. The van der Waals surface area contributed by atoms with Crippen molar-refractivity contribution in [2.45, 2.75) is 6.10 Å². The summed E-state index contributed by atoms with van der Waals surface area (Å²) in [5.74, 6) is 2.48. The van der Waals surface area contributed by atoms with E-state index in [4.69, 9.17) is 24.7 Å². The molecule has 0 saturated heterocycles. The number of hydrogen-bond acceptors (Lipinski definition) is 5. The minimum atomic E-state index is -0.130. The highest BCUT2D eigenvalue weighted by atomic mass is 35.5. The molecule has 0 bridgehead atoms. The zero-order valence-corrected chi connectivity index (χ0v) is 10.6. The minimum absolute atomic E-state index is 0. The van der Waals surface area contributed by atoms with Crippen LogP contribution in [0.3, 0.4) is 0 Å². The smallest absolute Gasteiger partial charge is 0.204 e. The summed E-state index contributed by atoms with van der Waals surface area (Å²) in [6.45, 7) is 0.856. The van der Waals surface area contributed by atoms with E-state index in [2.05, 4.69) is 0 Å². The number of ether oxygens (including phenoxy) is 4. The molecule has 0 spiro atoms. The zero-order valence-electron chi connectivity index (χ0n) is 9.76. The van der Waals surface area contributed by atoms with Gasteiger partial charge in [-0.15, -0.1) is 12.4 Å². The second kappa shape index (κ2) is 5.84. The van der Waals surface area contributed by atoms with Crippen LogP contribution in [0.15, 0.2) is 12.1 Å². The molecule has 0 aromatic heterocycles. The van der Waals surface area contributed by atoms with Crippen LogP contribution in [0.2, 0.25) is 0 Å². The van der Waals surface area contributed by atoms with Gasteiger partial charge in [0.05, 0.1) is 14.2 Å².